The number of rotatable bonds is 15. The summed E-state index contributed by atoms with van der Waals surface area (Å²) < 4.78 is 30.6. The van der Waals surface area contributed by atoms with E-state index in [-0.39, 0.29) is 52.5 Å². The number of amides is 2. The number of carbonyl (C=O) groups is 4. The van der Waals surface area contributed by atoms with E-state index in [1.165, 1.54) is 18.2 Å². The smallest absolute Gasteiger partial charge is 0.345 e. The molecule has 5 rings (SSSR count). The van der Waals surface area contributed by atoms with Gasteiger partial charge in [-0.2, -0.15) is 0 Å². The van der Waals surface area contributed by atoms with Gasteiger partial charge in [0.05, 0.1) is 66.1 Å². The number of anilines is 2. The molecule has 1 aliphatic rings. The summed E-state index contributed by atoms with van der Waals surface area (Å²) in [6.45, 7) is 6.25. The lowest BCUT2D eigenvalue weighted by atomic mass is 10.0. The minimum Gasteiger partial charge on any atom is -0.778 e. The zero-order valence-electron chi connectivity index (χ0n) is 39.5. The number of nitro groups is 1. The number of halogens is 5. The fourth-order valence-electron chi connectivity index (χ4n) is 5.77. The molecule has 2 amide bonds. The first-order valence-corrected chi connectivity index (χ1v) is 27.0. The first-order valence-electron chi connectivity index (χ1n) is 20.6. The second-order valence-electron chi connectivity index (χ2n) is 14.6. The Hall–Kier alpha value is -4.37. The summed E-state index contributed by atoms with van der Waals surface area (Å²) in [7, 11) is -0.995. The van der Waals surface area contributed by atoms with Crippen LogP contribution in [0.25, 0.3) is 0 Å². The normalized spacial score (nSPS) is 13.1. The zero-order chi connectivity index (χ0) is 53.3. The lowest BCUT2D eigenvalue weighted by Crippen LogP contribution is -2.47. The van der Waals surface area contributed by atoms with E-state index < -0.39 is 42.1 Å². The molecule has 18 nitrogen and oxygen atoms in total. The van der Waals surface area contributed by atoms with Crippen LogP contribution in [0.1, 0.15) is 42.3 Å². The molecule has 0 saturated carbocycles. The standard InChI is InChI=1S/C14H9Cl2NO5.C14H20ClNO2.C11H11Cl2NO2.C3H8NO5P.C3H9S/c1-21-14(18)10-7-9(3-4-12(10)17(19)20)22-13-5-2-8(15)6-11(13)16;1-4-11-7-6-8-12(5-2)14(11)16(10-18-3)13(17)9-15;1-7-6-16-9-5-3-2-4-8(9)14(7)11(15)10(12)13;5-3(6)1-4-2-10(7,8)9;1-4(2)3/h2-7H,1H3;6-8H,4-5,9-10H2,1-3H3;2-5,7,10H,6H2,1H3;4H,1-2H2,(H,5,6)(H2,7,8,9);1-3H3/q;;;;+1/p-1. The van der Waals surface area contributed by atoms with Crippen LogP contribution in [0, 0.1) is 10.1 Å². The maximum atomic E-state index is 12.0. The number of nitrogens with zero attached hydrogens (tertiary/aromatic N) is 3. The van der Waals surface area contributed by atoms with Crippen molar-refractivity contribution in [3.8, 4) is 17.2 Å². The summed E-state index contributed by atoms with van der Waals surface area (Å²) in [6.07, 6.45) is 7.62. The molecule has 25 heteroatoms. The summed E-state index contributed by atoms with van der Waals surface area (Å²) in [4.78, 5) is 75.6. The molecule has 0 aliphatic carbocycles. The fraction of sp³-hybridized carbons (Fsp3) is 0.378. The third-order valence-electron chi connectivity index (χ3n) is 8.66. The quantitative estimate of drug-likeness (QED) is 0.0192. The average molecular weight is 1120 g/mol. The van der Waals surface area contributed by atoms with Crippen LogP contribution >= 0.6 is 65.6 Å². The lowest BCUT2D eigenvalue weighted by molar-refractivity contribution is -0.385. The molecule has 4 aromatic carbocycles. The highest BCUT2D eigenvalue weighted by Crippen LogP contribution is 2.36. The zero-order valence-corrected chi connectivity index (χ0v) is 45.0. The highest BCUT2D eigenvalue weighted by atomic mass is 35.5. The van der Waals surface area contributed by atoms with Crippen molar-refractivity contribution in [1.82, 2.24) is 5.32 Å². The number of aryl methyl sites for hydroxylation is 2. The van der Waals surface area contributed by atoms with Crippen molar-refractivity contribution in [3.05, 3.63) is 116 Å². The molecule has 70 heavy (non-hydrogen) atoms. The van der Waals surface area contributed by atoms with Gasteiger partial charge in [-0.15, -0.1) is 11.6 Å². The summed E-state index contributed by atoms with van der Waals surface area (Å²) >= 11 is 28.7. The Balaban J connectivity index is 0.000000467. The molecular formula is C45H56Cl5N4O14PS. The Labute approximate surface area is 435 Å². The van der Waals surface area contributed by atoms with Crippen LogP contribution < -0.4 is 29.5 Å². The van der Waals surface area contributed by atoms with E-state index >= 15 is 0 Å². The number of aliphatic carboxylic acids is 1. The van der Waals surface area contributed by atoms with Crippen LogP contribution in [0.2, 0.25) is 10.0 Å². The maximum absolute atomic E-state index is 12.0. The van der Waals surface area contributed by atoms with Crippen LogP contribution in [0.15, 0.2) is 78.9 Å². The Bertz CT molecular complexity index is 2370. The monoisotopic (exact) mass is 1110 g/mol. The molecule has 0 spiro atoms. The summed E-state index contributed by atoms with van der Waals surface area (Å²) in [5.41, 5.74) is 3.37. The van der Waals surface area contributed by atoms with Crippen molar-refractivity contribution in [3.63, 3.8) is 0 Å². The van der Waals surface area contributed by atoms with Gasteiger partial charge in [-0.25, -0.2) is 4.79 Å². The topological polar surface area (TPSA) is 247 Å². The fourth-order valence-corrected chi connectivity index (χ4v) is 6.96. The second-order valence-corrected chi connectivity index (χ2v) is 20.8. The van der Waals surface area contributed by atoms with Gasteiger partial charge >= 0.3 is 11.9 Å². The highest BCUT2D eigenvalue weighted by Gasteiger charge is 2.32. The van der Waals surface area contributed by atoms with E-state index in [9.17, 15) is 38.8 Å². The largest absolute Gasteiger partial charge is 0.778 e. The minimum atomic E-state index is -4.35. The number of hydrogen-bond acceptors (Lipinski definition) is 13. The number of para-hydroxylation sites is 3. The summed E-state index contributed by atoms with van der Waals surface area (Å²) in [6, 6.07) is 21.7. The number of hydrogen-bond donors (Lipinski definition) is 3. The van der Waals surface area contributed by atoms with Crippen molar-refractivity contribution in [2.45, 2.75) is 44.5 Å². The van der Waals surface area contributed by atoms with Gasteiger partial charge in [0.2, 0.25) is 5.91 Å². The molecule has 0 radical (unpaired) electrons. The number of esters is 1. The Kier molecular flexibility index (Phi) is 29.6. The van der Waals surface area contributed by atoms with Gasteiger partial charge in [0.1, 0.15) is 49.6 Å². The number of carboxylic acids is 1. The Morgan fingerprint density at radius 1 is 0.986 bits per heavy atom. The average Bonchev–Trinajstić information content (AvgIpc) is 3.30. The SMILES string of the molecule is CC1COc2ccccc2N1C(=O)C(Cl)Cl.CCc1cccc(CC)c1N(COC)C(=O)CCl.COC(=O)c1cc(Oc2ccc(Cl)cc2Cl)ccc1[N+](=O)[O-].C[S+](C)C.O=C(O)CNCP(=O)([O-])O. The first-order chi connectivity index (χ1) is 32.9. The number of fused-ring (bicyclic) bond motifs is 1. The number of benzene rings is 4. The molecule has 3 N–H and O–H groups in total. The molecule has 2 atom stereocenters. The molecule has 1 heterocycles. The van der Waals surface area contributed by atoms with Crippen molar-refractivity contribution in [1.29, 1.82) is 0 Å². The third kappa shape index (κ3) is 22.4. The number of carboxylic acid groups (broad SMARTS) is 1. The van der Waals surface area contributed by atoms with E-state index in [0.29, 0.717) is 34.0 Å². The number of methoxy groups -OCH3 is 2. The lowest BCUT2D eigenvalue weighted by Gasteiger charge is -2.35. The molecular weight excluding hydrogens is 1060 g/mol. The molecule has 2 unspecified atom stereocenters. The maximum Gasteiger partial charge on any atom is 0.345 e. The van der Waals surface area contributed by atoms with E-state index in [2.05, 4.69) is 37.4 Å². The van der Waals surface area contributed by atoms with Gasteiger partial charge in [-0.3, -0.25) is 34.7 Å². The van der Waals surface area contributed by atoms with Gasteiger partial charge < -0.3 is 43.3 Å². The van der Waals surface area contributed by atoms with Crippen LogP contribution in [-0.2, 0) is 52.2 Å². The van der Waals surface area contributed by atoms with Crippen LogP contribution in [0.3, 0.4) is 0 Å². The third-order valence-corrected chi connectivity index (χ3v) is 10.4. The van der Waals surface area contributed by atoms with Gasteiger partial charge in [0, 0.05) is 24.3 Å². The highest BCUT2D eigenvalue weighted by molar-refractivity contribution is 7.94. The Morgan fingerprint density at radius 3 is 2.07 bits per heavy atom. The van der Waals surface area contributed by atoms with Crippen LogP contribution in [0.4, 0.5) is 17.1 Å². The number of alkyl halides is 3. The van der Waals surface area contributed by atoms with E-state index in [0.717, 1.165) is 48.5 Å². The predicted molar refractivity (Wildman–Crippen MR) is 276 cm³/mol. The van der Waals surface area contributed by atoms with Crippen LogP contribution in [0.5, 0.6) is 17.2 Å². The number of ether oxygens (including phenoxy) is 4. The van der Waals surface area contributed by atoms with Crippen molar-refractivity contribution < 1.29 is 62.5 Å². The number of nitro benzene ring substituents is 1. The van der Waals surface area contributed by atoms with E-state index in [1.807, 2.05) is 54.7 Å². The van der Waals surface area contributed by atoms with Gasteiger partial charge in [-0.1, -0.05) is 90.6 Å². The molecule has 0 bridgehead atoms. The molecule has 4 aromatic rings. The summed E-state index contributed by atoms with van der Waals surface area (Å²) in [5, 5.41) is 21.6. The van der Waals surface area contributed by atoms with Gasteiger partial charge in [-0.05, 0) is 78.2 Å². The number of nitrogens with one attached hydrogen (secondary N) is 1. The Morgan fingerprint density at radius 2 is 1.59 bits per heavy atom. The molecule has 0 fully saturated rings. The van der Waals surface area contributed by atoms with E-state index in [1.54, 1.807) is 29.0 Å². The summed E-state index contributed by atoms with van der Waals surface area (Å²) in [5.74, 6) is -1.30. The molecule has 386 valence electrons. The molecule has 1 aliphatic heterocycles. The first kappa shape index (κ1) is 63.6. The van der Waals surface area contributed by atoms with Crippen LogP contribution in [-0.4, -0.2) is 115 Å². The predicted octanol–water partition coefficient (Wildman–Crippen LogP) is 8.73. The molecule has 0 aromatic heterocycles. The van der Waals surface area contributed by atoms with Crippen molar-refractivity contribution >= 4 is 117 Å². The van der Waals surface area contributed by atoms with Crippen molar-refractivity contribution in [2.24, 2.45) is 0 Å². The van der Waals surface area contributed by atoms with Crippen molar-refractivity contribution in [2.75, 3.05) is 74.8 Å². The van der Waals surface area contributed by atoms with Gasteiger partial charge in [0.15, 0.2) is 4.84 Å². The minimum absolute atomic E-state index is 0.0371. The second kappa shape index (κ2) is 32.6. The van der Waals surface area contributed by atoms with Gasteiger partial charge in [0.25, 0.3) is 11.6 Å². The molecule has 0 saturated heterocycles. The number of carbonyl (C=O) groups excluding carboxylic acids is 3. The van der Waals surface area contributed by atoms with E-state index in [4.69, 9.17) is 82.2 Å².